The topological polar surface area (TPSA) is 9.23 Å². The molecule has 0 heterocycles. The van der Waals surface area contributed by atoms with Crippen molar-refractivity contribution in [1.82, 2.24) is 0 Å². The average molecular weight is 331 g/mol. The largest absolute Gasteiger partial charge is 0.494 e. The maximum absolute atomic E-state index is 13.6. The zero-order valence-corrected chi connectivity index (χ0v) is 11.5. The summed E-state index contributed by atoms with van der Waals surface area (Å²) in [5, 5.41) is 0. The molecular weight excluding hydrogens is 321 g/mol. The van der Waals surface area contributed by atoms with Gasteiger partial charge in [0, 0.05) is 6.07 Å². The fourth-order valence-corrected chi connectivity index (χ4v) is 2.30. The van der Waals surface area contributed by atoms with Gasteiger partial charge in [-0.25, -0.2) is 13.2 Å². The Bertz CT molecular complexity index is 581. The van der Waals surface area contributed by atoms with Gasteiger partial charge in [0.2, 0.25) is 0 Å². The van der Waals surface area contributed by atoms with E-state index in [1.54, 1.807) is 6.07 Å². The van der Waals surface area contributed by atoms with Crippen LogP contribution in [0.25, 0.3) is 0 Å². The van der Waals surface area contributed by atoms with Crippen molar-refractivity contribution in [2.24, 2.45) is 0 Å². The van der Waals surface area contributed by atoms with Gasteiger partial charge in [-0.15, -0.1) is 0 Å². The van der Waals surface area contributed by atoms with E-state index in [-0.39, 0.29) is 5.75 Å². The molecule has 0 aromatic heterocycles. The van der Waals surface area contributed by atoms with Crippen molar-refractivity contribution in [1.29, 1.82) is 0 Å². The Hall–Kier alpha value is -1.49. The monoisotopic (exact) mass is 330 g/mol. The summed E-state index contributed by atoms with van der Waals surface area (Å²) in [6, 6.07) is 7.55. The van der Waals surface area contributed by atoms with Gasteiger partial charge in [-0.1, -0.05) is 22.0 Å². The van der Waals surface area contributed by atoms with Gasteiger partial charge in [-0.3, -0.25) is 0 Å². The van der Waals surface area contributed by atoms with E-state index in [0.717, 1.165) is 6.07 Å². The normalized spacial score (nSPS) is 12.3. The summed E-state index contributed by atoms with van der Waals surface area (Å²) in [6.45, 7) is 0. The van der Waals surface area contributed by atoms with E-state index < -0.39 is 22.3 Å². The van der Waals surface area contributed by atoms with Crippen LogP contribution in [0.4, 0.5) is 13.2 Å². The molecule has 0 bridgehead atoms. The standard InChI is InChI=1S/C14H10BrF3O/c1-19-13-3-2-8(6-12(13)18)14(15)9-4-10(16)7-11(17)5-9/h2-7,14H,1H3. The first kappa shape index (κ1) is 13.9. The van der Waals surface area contributed by atoms with E-state index in [2.05, 4.69) is 15.9 Å². The minimum absolute atomic E-state index is 0.119. The van der Waals surface area contributed by atoms with Crippen LogP contribution >= 0.6 is 15.9 Å². The van der Waals surface area contributed by atoms with E-state index >= 15 is 0 Å². The molecule has 0 spiro atoms. The molecule has 0 saturated heterocycles. The highest BCUT2D eigenvalue weighted by Gasteiger charge is 2.15. The molecule has 1 atom stereocenters. The lowest BCUT2D eigenvalue weighted by atomic mass is 10.0. The summed E-state index contributed by atoms with van der Waals surface area (Å²) in [5.74, 6) is -1.75. The minimum Gasteiger partial charge on any atom is -0.494 e. The first-order valence-corrected chi connectivity index (χ1v) is 6.36. The van der Waals surface area contributed by atoms with Crippen LogP contribution in [-0.2, 0) is 0 Å². The van der Waals surface area contributed by atoms with Crippen molar-refractivity contribution in [3.8, 4) is 5.75 Å². The number of rotatable bonds is 3. The van der Waals surface area contributed by atoms with Crippen molar-refractivity contribution in [3.63, 3.8) is 0 Å². The van der Waals surface area contributed by atoms with Gasteiger partial charge < -0.3 is 4.74 Å². The van der Waals surface area contributed by atoms with Gasteiger partial charge in [0.15, 0.2) is 11.6 Å². The zero-order valence-electron chi connectivity index (χ0n) is 9.96. The van der Waals surface area contributed by atoms with Crippen molar-refractivity contribution in [3.05, 3.63) is 65.0 Å². The lowest BCUT2D eigenvalue weighted by molar-refractivity contribution is 0.386. The average Bonchev–Trinajstić information content (AvgIpc) is 2.36. The van der Waals surface area contributed by atoms with Crippen LogP contribution in [0.2, 0.25) is 0 Å². The van der Waals surface area contributed by atoms with Crippen molar-refractivity contribution < 1.29 is 17.9 Å². The minimum atomic E-state index is -0.673. The number of methoxy groups -OCH3 is 1. The van der Waals surface area contributed by atoms with Gasteiger partial charge >= 0.3 is 0 Å². The Labute approximate surface area is 117 Å². The third kappa shape index (κ3) is 3.10. The summed E-state index contributed by atoms with van der Waals surface area (Å²) >= 11 is 3.30. The van der Waals surface area contributed by atoms with E-state index in [4.69, 9.17) is 4.74 Å². The second-order valence-electron chi connectivity index (χ2n) is 3.96. The second kappa shape index (κ2) is 5.65. The molecule has 0 aliphatic carbocycles. The Morgan fingerprint density at radius 2 is 1.58 bits per heavy atom. The molecule has 0 aliphatic heterocycles. The molecule has 0 radical (unpaired) electrons. The van der Waals surface area contributed by atoms with Gasteiger partial charge in [0.1, 0.15) is 11.6 Å². The van der Waals surface area contributed by atoms with Crippen LogP contribution in [0.1, 0.15) is 16.0 Å². The highest BCUT2D eigenvalue weighted by atomic mass is 79.9. The third-order valence-corrected chi connectivity index (χ3v) is 3.70. The van der Waals surface area contributed by atoms with E-state index in [1.165, 1.54) is 31.4 Å². The summed E-state index contributed by atoms with van der Waals surface area (Å²) in [5.41, 5.74) is 0.922. The molecule has 1 nitrogen and oxygen atoms in total. The summed E-state index contributed by atoms with van der Waals surface area (Å²) in [4.78, 5) is -0.502. The molecule has 0 aliphatic rings. The van der Waals surface area contributed by atoms with Crippen LogP contribution < -0.4 is 4.74 Å². The van der Waals surface area contributed by atoms with Gasteiger partial charge in [-0.2, -0.15) is 0 Å². The van der Waals surface area contributed by atoms with Crippen LogP contribution in [-0.4, -0.2) is 7.11 Å². The number of hydrogen-bond donors (Lipinski definition) is 0. The van der Waals surface area contributed by atoms with Crippen molar-refractivity contribution in [2.45, 2.75) is 4.83 Å². The van der Waals surface area contributed by atoms with E-state index in [9.17, 15) is 13.2 Å². The third-order valence-electron chi connectivity index (χ3n) is 2.65. The fourth-order valence-electron chi connectivity index (χ4n) is 1.75. The summed E-state index contributed by atoms with van der Waals surface area (Å²) in [7, 11) is 1.37. The summed E-state index contributed by atoms with van der Waals surface area (Å²) < 4.78 is 44.7. The predicted molar refractivity (Wildman–Crippen MR) is 70.1 cm³/mol. The maximum Gasteiger partial charge on any atom is 0.165 e. The Balaban J connectivity index is 2.38. The molecule has 100 valence electrons. The lowest BCUT2D eigenvalue weighted by Gasteiger charge is -2.12. The number of halogens is 4. The fraction of sp³-hybridized carbons (Fsp3) is 0.143. The molecule has 0 N–H and O–H groups in total. The molecule has 0 amide bonds. The van der Waals surface area contributed by atoms with Crippen LogP contribution in [0.3, 0.4) is 0 Å². The number of benzene rings is 2. The number of hydrogen-bond acceptors (Lipinski definition) is 1. The first-order chi connectivity index (χ1) is 9.01. The molecule has 5 heteroatoms. The van der Waals surface area contributed by atoms with Gasteiger partial charge in [0.05, 0.1) is 11.9 Å². The molecule has 19 heavy (non-hydrogen) atoms. The molecule has 1 unspecified atom stereocenters. The lowest BCUT2D eigenvalue weighted by Crippen LogP contribution is -1.97. The number of ether oxygens (including phenoxy) is 1. The van der Waals surface area contributed by atoms with Crippen LogP contribution in [0.15, 0.2) is 36.4 Å². The van der Waals surface area contributed by atoms with Crippen LogP contribution in [0, 0.1) is 17.5 Å². The van der Waals surface area contributed by atoms with E-state index in [0.29, 0.717) is 11.1 Å². The van der Waals surface area contributed by atoms with Gasteiger partial charge in [0.25, 0.3) is 0 Å². The molecule has 2 aromatic rings. The first-order valence-electron chi connectivity index (χ1n) is 5.44. The van der Waals surface area contributed by atoms with Gasteiger partial charge in [-0.05, 0) is 35.4 Å². The van der Waals surface area contributed by atoms with Crippen molar-refractivity contribution in [2.75, 3.05) is 7.11 Å². The maximum atomic E-state index is 13.6. The molecule has 2 rings (SSSR count). The Kier molecular flexibility index (Phi) is 4.14. The molecular formula is C14H10BrF3O. The highest BCUT2D eigenvalue weighted by Crippen LogP contribution is 2.33. The SMILES string of the molecule is COc1ccc(C(Br)c2cc(F)cc(F)c2)cc1F. The molecule has 0 saturated carbocycles. The van der Waals surface area contributed by atoms with Crippen molar-refractivity contribution >= 4 is 15.9 Å². The number of alkyl halides is 1. The Morgan fingerprint density at radius 1 is 0.947 bits per heavy atom. The molecule has 0 fully saturated rings. The highest BCUT2D eigenvalue weighted by molar-refractivity contribution is 9.09. The van der Waals surface area contributed by atoms with Crippen LogP contribution in [0.5, 0.6) is 5.75 Å². The van der Waals surface area contributed by atoms with E-state index in [1.807, 2.05) is 0 Å². The zero-order chi connectivity index (χ0) is 14.0. The predicted octanol–water partition coefficient (Wildman–Crippen LogP) is 4.60. The molecule has 2 aromatic carbocycles. The quantitative estimate of drug-likeness (QED) is 0.747. The smallest absolute Gasteiger partial charge is 0.165 e. The summed E-state index contributed by atoms with van der Waals surface area (Å²) in [6.07, 6.45) is 0. The second-order valence-corrected chi connectivity index (χ2v) is 4.87. The Morgan fingerprint density at radius 3 is 2.11 bits per heavy atom.